The highest BCUT2D eigenvalue weighted by atomic mass is 16.4. The molecule has 1 rings (SSSR count). The van der Waals surface area contributed by atoms with E-state index in [0.717, 1.165) is 25.7 Å². The number of carboxylic acids is 1. The Morgan fingerprint density at radius 1 is 1.11 bits per heavy atom. The molecular weight excluding hydrogens is 244 g/mol. The van der Waals surface area contributed by atoms with Crippen LogP contribution in [0.5, 0.6) is 0 Å². The van der Waals surface area contributed by atoms with E-state index < -0.39 is 11.5 Å². The fourth-order valence-corrected chi connectivity index (χ4v) is 2.56. The molecule has 1 saturated carbocycles. The number of unbranched alkanes of at least 4 members (excludes halogenated alkanes) is 4. The molecule has 3 N–H and O–H groups in total. The molecule has 5 nitrogen and oxygen atoms in total. The molecule has 0 spiro atoms. The van der Waals surface area contributed by atoms with Gasteiger partial charge < -0.3 is 15.7 Å². The van der Waals surface area contributed by atoms with Crippen LogP contribution in [-0.2, 0) is 4.79 Å². The second-order valence-electron chi connectivity index (χ2n) is 5.39. The minimum atomic E-state index is -1.04. The maximum Gasteiger partial charge on any atom is 0.329 e. The van der Waals surface area contributed by atoms with Crippen LogP contribution in [0.4, 0.5) is 4.79 Å². The molecule has 0 bridgehead atoms. The molecule has 0 unspecified atom stereocenters. The molecule has 5 heteroatoms. The summed E-state index contributed by atoms with van der Waals surface area (Å²) < 4.78 is 0. The highest BCUT2D eigenvalue weighted by Gasteiger charge is 2.42. The zero-order valence-corrected chi connectivity index (χ0v) is 11.8. The summed E-state index contributed by atoms with van der Waals surface area (Å²) in [6.45, 7) is 2.78. The van der Waals surface area contributed by atoms with E-state index in [2.05, 4.69) is 17.6 Å². The molecule has 0 heterocycles. The standard InChI is InChI=1S/C14H26N2O3/c1-2-3-4-5-8-11-15-13(19)16-14(12(17)18)9-6-7-10-14/h2-11H2,1H3,(H,17,18)(H2,15,16,19). The summed E-state index contributed by atoms with van der Waals surface area (Å²) >= 11 is 0. The lowest BCUT2D eigenvalue weighted by Crippen LogP contribution is -2.55. The van der Waals surface area contributed by atoms with Crippen LogP contribution < -0.4 is 10.6 Å². The smallest absolute Gasteiger partial charge is 0.329 e. The van der Waals surface area contributed by atoms with Crippen molar-refractivity contribution in [3.05, 3.63) is 0 Å². The van der Waals surface area contributed by atoms with E-state index in [0.29, 0.717) is 19.4 Å². The zero-order valence-electron chi connectivity index (χ0n) is 11.8. The second kappa shape index (κ2) is 8.02. The Kier molecular flexibility index (Phi) is 6.67. The summed E-state index contributed by atoms with van der Waals surface area (Å²) in [5, 5.41) is 14.6. The third-order valence-electron chi connectivity index (χ3n) is 3.79. The number of carboxylic acid groups (broad SMARTS) is 1. The van der Waals surface area contributed by atoms with Gasteiger partial charge in [-0.1, -0.05) is 45.4 Å². The molecule has 19 heavy (non-hydrogen) atoms. The van der Waals surface area contributed by atoms with Crippen molar-refractivity contribution < 1.29 is 14.7 Å². The fourth-order valence-electron chi connectivity index (χ4n) is 2.56. The molecule has 0 radical (unpaired) electrons. The van der Waals surface area contributed by atoms with E-state index in [-0.39, 0.29) is 6.03 Å². The van der Waals surface area contributed by atoms with Crippen LogP contribution in [0.2, 0.25) is 0 Å². The van der Waals surface area contributed by atoms with E-state index in [9.17, 15) is 14.7 Å². The predicted molar refractivity (Wildman–Crippen MR) is 74.1 cm³/mol. The number of urea groups is 1. The normalized spacial score (nSPS) is 17.1. The molecule has 0 aliphatic heterocycles. The summed E-state index contributed by atoms with van der Waals surface area (Å²) in [7, 11) is 0. The maximum atomic E-state index is 11.7. The van der Waals surface area contributed by atoms with Gasteiger partial charge in [0, 0.05) is 6.54 Å². The number of aliphatic carboxylic acids is 1. The Hall–Kier alpha value is -1.26. The molecule has 110 valence electrons. The average molecular weight is 270 g/mol. The van der Waals surface area contributed by atoms with E-state index in [1.54, 1.807) is 0 Å². The number of rotatable bonds is 8. The number of hydrogen-bond donors (Lipinski definition) is 3. The summed E-state index contributed by atoms with van der Waals surface area (Å²) in [5.74, 6) is -0.914. The quantitative estimate of drug-likeness (QED) is 0.593. The molecule has 0 aromatic carbocycles. The monoisotopic (exact) mass is 270 g/mol. The van der Waals surface area contributed by atoms with Gasteiger partial charge in [0.05, 0.1) is 0 Å². The van der Waals surface area contributed by atoms with E-state index >= 15 is 0 Å². The molecule has 0 atom stereocenters. The molecule has 0 saturated heterocycles. The molecule has 0 aromatic rings. The fraction of sp³-hybridized carbons (Fsp3) is 0.857. The first kappa shape index (κ1) is 15.8. The lowest BCUT2D eigenvalue weighted by Gasteiger charge is -2.25. The molecule has 1 aliphatic rings. The van der Waals surface area contributed by atoms with Gasteiger partial charge in [0.15, 0.2) is 0 Å². The van der Waals surface area contributed by atoms with Crippen molar-refractivity contribution in [2.24, 2.45) is 0 Å². The molecule has 1 fully saturated rings. The highest BCUT2D eigenvalue weighted by Crippen LogP contribution is 2.29. The van der Waals surface area contributed by atoms with Gasteiger partial charge in [-0.15, -0.1) is 0 Å². The van der Waals surface area contributed by atoms with Crippen LogP contribution in [0.1, 0.15) is 64.7 Å². The topological polar surface area (TPSA) is 78.4 Å². The summed E-state index contributed by atoms with van der Waals surface area (Å²) in [4.78, 5) is 23.0. The van der Waals surface area contributed by atoms with E-state index in [1.807, 2.05) is 0 Å². The van der Waals surface area contributed by atoms with Crippen LogP contribution in [0.3, 0.4) is 0 Å². The van der Waals surface area contributed by atoms with E-state index in [1.165, 1.54) is 19.3 Å². The Morgan fingerprint density at radius 3 is 2.32 bits per heavy atom. The SMILES string of the molecule is CCCCCCCNC(=O)NC1(C(=O)O)CCCC1. The third kappa shape index (κ3) is 5.09. The van der Waals surface area contributed by atoms with Gasteiger partial charge in [0.1, 0.15) is 5.54 Å². The second-order valence-corrected chi connectivity index (χ2v) is 5.39. The average Bonchev–Trinajstić information content (AvgIpc) is 2.83. The van der Waals surface area contributed by atoms with Crippen molar-refractivity contribution in [3.63, 3.8) is 0 Å². The van der Waals surface area contributed by atoms with Gasteiger partial charge in [-0.3, -0.25) is 0 Å². The largest absolute Gasteiger partial charge is 0.480 e. The summed E-state index contributed by atoms with van der Waals surface area (Å²) in [6.07, 6.45) is 8.49. The number of nitrogens with one attached hydrogen (secondary N) is 2. The van der Waals surface area contributed by atoms with Crippen LogP contribution in [-0.4, -0.2) is 29.2 Å². The van der Waals surface area contributed by atoms with Gasteiger partial charge in [0.25, 0.3) is 0 Å². The van der Waals surface area contributed by atoms with Crippen LogP contribution >= 0.6 is 0 Å². The first-order valence-corrected chi connectivity index (χ1v) is 7.40. The van der Waals surface area contributed by atoms with Crippen molar-refractivity contribution in [1.82, 2.24) is 10.6 Å². The molecular formula is C14H26N2O3. The highest BCUT2D eigenvalue weighted by molar-refractivity contribution is 5.86. The van der Waals surface area contributed by atoms with Gasteiger partial charge in [-0.2, -0.15) is 0 Å². The Bertz CT molecular complexity index is 299. The maximum absolute atomic E-state index is 11.7. The van der Waals surface area contributed by atoms with Gasteiger partial charge in [0.2, 0.25) is 0 Å². The molecule has 2 amide bonds. The van der Waals surface area contributed by atoms with Crippen molar-refractivity contribution in [2.75, 3.05) is 6.54 Å². The van der Waals surface area contributed by atoms with Crippen LogP contribution in [0.15, 0.2) is 0 Å². The summed E-state index contributed by atoms with van der Waals surface area (Å²) in [6, 6.07) is -0.347. The number of carbonyl (C=O) groups excluding carboxylic acids is 1. The first-order valence-electron chi connectivity index (χ1n) is 7.40. The Balaban J connectivity index is 2.21. The lowest BCUT2D eigenvalue weighted by molar-refractivity contribution is -0.144. The van der Waals surface area contributed by atoms with Gasteiger partial charge >= 0.3 is 12.0 Å². The van der Waals surface area contributed by atoms with Crippen molar-refractivity contribution in [3.8, 4) is 0 Å². The number of amides is 2. The van der Waals surface area contributed by atoms with Crippen LogP contribution in [0.25, 0.3) is 0 Å². The van der Waals surface area contributed by atoms with Gasteiger partial charge in [-0.05, 0) is 19.3 Å². The Morgan fingerprint density at radius 2 is 1.74 bits per heavy atom. The number of hydrogen-bond acceptors (Lipinski definition) is 2. The van der Waals surface area contributed by atoms with Crippen LogP contribution in [0, 0.1) is 0 Å². The Labute approximate surface area is 115 Å². The number of carbonyl (C=O) groups is 2. The zero-order chi connectivity index (χ0) is 14.1. The van der Waals surface area contributed by atoms with Gasteiger partial charge in [-0.25, -0.2) is 9.59 Å². The minimum absolute atomic E-state index is 0.347. The lowest BCUT2D eigenvalue weighted by atomic mass is 9.98. The van der Waals surface area contributed by atoms with Crippen molar-refractivity contribution >= 4 is 12.0 Å². The third-order valence-corrected chi connectivity index (χ3v) is 3.79. The minimum Gasteiger partial charge on any atom is -0.480 e. The first-order chi connectivity index (χ1) is 9.10. The molecule has 1 aliphatic carbocycles. The summed E-state index contributed by atoms with van der Waals surface area (Å²) in [5.41, 5.74) is -1.04. The van der Waals surface area contributed by atoms with E-state index in [4.69, 9.17) is 0 Å². The molecule has 0 aromatic heterocycles. The van der Waals surface area contributed by atoms with Crippen molar-refractivity contribution in [2.45, 2.75) is 70.3 Å². The van der Waals surface area contributed by atoms with Crippen molar-refractivity contribution in [1.29, 1.82) is 0 Å². The predicted octanol–water partition coefficient (Wildman–Crippen LogP) is 2.65.